The summed E-state index contributed by atoms with van der Waals surface area (Å²) in [5.41, 5.74) is 2.13. The van der Waals surface area contributed by atoms with Crippen LogP contribution in [-0.4, -0.2) is 30.5 Å². The molecule has 1 aromatic heterocycles. The highest BCUT2D eigenvalue weighted by Gasteiger charge is 2.10. The summed E-state index contributed by atoms with van der Waals surface area (Å²) in [6.07, 6.45) is 2.03. The quantitative estimate of drug-likeness (QED) is 0.815. The summed E-state index contributed by atoms with van der Waals surface area (Å²) in [4.78, 5) is 25.9. The minimum atomic E-state index is -0.508. The Balaban J connectivity index is 2.22. The van der Waals surface area contributed by atoms with Crippen LogP contribution in [0.15, 0.2) is 24.4 Å². The molecule has 0 spiro atoms. The number of nitrogens with zero attached hydrogens (tertiary/aromatic N) is 1. The first-order valence-electron chi connectivity index (χ1n) is 5.97. The van der Waals surface area contributed by atoms with Crippen LogP contribution >= 0.6 is 0 Å². The first-order valence-corrected chi connectivity index (χ1v) is 5.97. The Morgan fingerprint density at radius 3 is 2.95 bits per heavy atom. The fraction of sp³-hybridized carbons (Fsp3) is 0.214. The minimum absolute atomic E-state index is 0.175. The molecule has 1 heterocycles. The van der Waals surface area contributed by atoms with Gasteiger partial charge in [0.2, 0.25) is 0 Å². The van der Waals surface area contributed by atoms with Crippen LogP contribution in [0.2, 0.25) is 0 Å². The topological polar surface area (TPSA) is 95.0 Å². The minimum Gasteiger partial charge on any atom is -0.468 e. The second-order valence-corrected chi connectivity index (χ2v) is 4.17. The van der Waals surface area contributed by atoms with Gasteiger partial charge in [0.1, 0.15) is 6.54 Å². The molecule has 2 N–H and O–H groups in total. The second kappa shape index (κ2) is 5.89. The lowest BCUT2D eigenvalue weighted by atomic mass is 10.1. The molecule has 1 amide bonds. The van der Waals surface area contributed by atoms with E-state index in [1.165, 1.54) is 7.11 Å². The molecule has 0 aliphatic rings. The molecular formula is C14H13N3O3. The molecule has 20 heavy (non-hydrogen) atoms. The van der Waals surface area contributed by atoms with Crippen molar-refractivity contribution in [1.29, 1.82) is 5.26 Å². The maximum Gasteiger partial charge on any atom is 0.325 e. The van der Waals surface area contributed by atoms with Crippen molar-refractivity contribution in [2.24, 2.45) is 0 Å². The van der Waals surface area contributed by atoms with Crippen LogP contribution in [0.5, 0.6) is 0 Å². The number of carbonyl (C=O) groups is 2. The number of hydrogen-bond donors (Lipinski definition) is 2. The van der Waals surface area contributed by atoms with Gasteiger partial charge in [-0.2, -0.15) is 5.26 Å². The number of nitriles is 1. The first kappa shape index (κ1) is 13.6. The van der Waals surface area contributed by atoms with Gasteiger partial charge in [0, 0.05) is 22.7 Å². The first-order chi connectivity index (χ1) is 9.65. The monoisotopic (exact) mass is 271 g/mol. The van der Waals surface area contributed by atoms with E-state index in [2.05, 4.69) is 21.1 Å². The van der Waals surface area contributed by atoms with E-state index >= 15 is 0 Å². The number of esters is 1. The fourth-order valence-corrected chi connectivity index (χ4v) is 1.88. The van der Waals surface area contributed by atoms with Crippen LogP contribution in [0, 0.1) is 11.3 Å². The van der Waals surface area contributed by atoms with E-state index < -0.39 is 5.97 Å². The number of nitrogens with one attached hydrogen (secondary N) is 2. The molecule has 0 aliphatic heterocycles. The van der Waals surface area contributed by atoms with E-state index in [9.17, 15) is 9.59 Å². The zero-order valence-electron chi connectivity index (χ0n) is 10.9. The maximum absolute atomic E-state index is 11.9. The third-order valence-electron chi connectivity index (χ3n) is 2.92. The predicted octanol–water partition coefficient (Wildman–Crippen LogP) is 1.14. The number of methoxy groups -OCH3 is 1. The van der Waals surface area contributed by atoms with Gasteiger partial charge in [-0.15, -0.1) is 0 Å². The second-order valence-electron chi connectivity index (χ2n) is 4.17. The summed E-state index contributed by atoms with van der Waals surface area (Å²) in [5, 5.41) is 12.1. The Hall–Kier alpha value is -2.81. The summed E-state index contributed by atoms with van der Waals surface area (Å²) < 4.78 is 4.45. The average molecular weight is 271 g/mol. The van der Waals surface area contributed by atoms with E-state index in [0.717, 1.165) is 16.5 Å². The molecular weight excluding hydrogens is 258 g/mol. The average Bonchev–Trinajstić information content (AvgIpc) is 2.87. The molecule has 0 aliphatic carbocycles. The van der Waals surface area contributed by atoms with E-state index in [1.54, 1.807) is 24.4 Å². The van der Waals surface area contributed by atoms with E-state index in [4.69, 9.17) is 5.26 Å². The molecule has 0 saturated heterocycles. The molecule has 2 aromatic rings. The van der Waals surface area contributed by atoms with Gasteiger partial charge in [0.05, 0.1) is 19.6 Å². The molecule has 0 atom stereocenters. The van der Waals surface area contributed by atoms with Crippen LogP contribution in [0.3, 0.4) is 0 Å². The summed E-state index contributed by atoms with van der Waals surface area (Å²) in [6, 6.07) is 7.20. The predicted molar refractivity (Wildman–Crippen MR) is 72.0 cm³/mol. The van der Waals surface area contributed by atoms with Crippen LogP contribution in [0.1, 0.15) is 15.9 Å². The lowest BCUT2D eigenvalue weighted by Crippen LogP contribution is -2.30. The van der Waals surface area contributed by atoms with Gasteiger partial charge in [-0.05, 0) is 23.8 Å². The zero-order chi connectivity index (χ0) is 14.5. The number of carbonyl (C=O) groups excluding carboxylic acids is 2. The Morgan fingerprint density at radius 2 is 2.25 bits per heavy atom. The van der Waals surface area contributed by atoms with Crippen molar-refractivity contribution in [1.82, 2.24) is 10.3 Å². The van der Waals surface area contributed by atoms with Crippen LogP contribution in [-0.2, 0) is 16.0 Å². The van der Waals surface area contributed by atoms with E-state index in [0.29, 0.717) is 5.56 Å². The molecule has 2 rings (SSSR count). The molecule has 6 nitrogen and oxygen atoms in total. The Labute approximate surface area is 115 Å². The van der Waals surface area contributed by atoms with E-state index in [1.807, 2.05) is 0 Å². The van der Waals surface area contributed by atoms with Crippen molar-refractivity contribution in [3.05, 3.63) is 35.5 Å². The summed E-state index contributed by atoms with van der Waals surface area (Å²) >= 11 is 0. The molecule has 6 heteroatoms. The normalized spacial score (nSPS) is 10.0. The van der Waals surface area contributed by atoms with Gasteiger partial charge >= 0.3 is 5.97 Å². The highest BCUT2D eigenvalue weighted by Crippen LogP contribution is 2.20. The molecule has 0 bridgehead atoms. The largest absolute Gasteiger partial charge is 0.468 e. The number of fused-ring (bicyclic) bond motifs is 1. The van der Waals surface area contributed by atoms with Crippen molar-refractivity contribution < 1.29 is 14.3 Å². The number of H-pyrrole nitrogens is 1. The van der Waals surface area contributed by atoms with Gasteiger partial charge in [0.25, 0.3) is 5.91 Å². The molecule has 0 saturated carbocycles. The van der Waals surface area contributed by atoms with Crippen LogP contribution < -0.4 is 5.32 Å². The smallest absolute Gasteiger partial charge is 0.325 e. The van der Waals surface area contributed by atoms with E-state index in [-0.39, 0.29) is 18.9 Å². The van der Waals surface area contributed by atoms with Crippen molar-refractivity contribution in [2.75, 3.05) is 13.7 Å². The Morgan fingerprint density at radius 1 is 1.45 bits per heavy atom. The van der Waals surface area contributed by atoms with Gasteiger partial charge in [-0.25, -0.2) is 0 Å². The summed E-state index contributed by atoms with van der Waals surface area (Å²) in [7, 11) is 1.26. The number of rotatable bonds is 4. The van der Waals surface area contributed by atoms with Crippen molar-refractivity contribution in [3.8, 4) is 6.07 Å². The Kier molecular flexibility index (Phi) is 4.01. The molecule has 1 aromatic carbocycles. The number of amides is 1. The molecule has 102 valence electrons. The third-order valence-corrected chi connectivity index (χ3v) is 2.92. The van der Waals surface area contributed by atoms with Crippen LogP contribution in [0.4, 0.5) is 0 Å². The summed E-state index contributed by atoms with van der Waals surface area (Å²) in [5.74, 6) is -0.868. The molecule has 0 unspecified atom stereocenters. The highest BCUT2D eigenvalue weighted by atomic mass is 16.5. The van der Waals surface area contributed by atoms with Gasteiger partial charge in [0.15, 0.2) is 0 Å². The summed E-state index contributed by atoms with van der Waals surface area (Å²) in [6.45, 7) is -0.175. The fourth-order valence-electron chi connectivity index (χ4n) is 1.88. The number of aromatic nitrogens is 1. The number of ether oxygens (including phenoxy) is 1. The lowest BCUT2D eigenvalue weighted by molar-refractivity contribution is -0.139. The van der Waals surface area contributed by atoms with Gasteiger partial charge < -0.3 is 15.0 Å². The lowest BCUT2D eigenvalue weighted by Gasteiger charge is -2.04. The number of benzene rings is 1. The number of aromatic amines is 1. The maximum atomic E-state index is 11.9. The highest BCUT2D eigenvalue weighted by molar-refractivity contribution is 5.99. The Bertz CT molecular complexity index is 697. The SMILES string of the molecule is COC(=O)CNC(=O)c1ccc2[nH]cc(CC#N)c2c1. The van der Waals surface area contributed by atoms with Gasteiger partial charge in [-0.1, -0.05) is 0 Å². The third kappa shape index (κ3) is 2.78. The van der Waals surface area contributed by atoms with Gasteiger partial charge in [-0.3, -0.25) is 9.59 Å². The molecule has 0 fully saturated rings. The zero-order valence-corrected chi connectivity index (χ0v) is 10.9. The van der Waals surface area contributed by atoms with Crippen molar-refractivity contribution in [3.63, 3.8) is 0 Å². The standard InChI is InChI=1S/C14H13N3O3/c1-20-13(18)8-17-14(19)9-2-3-12-11(6-9)10(4-5-15)7-16-12/h2-3,6-7,16H,4,8H2,1H3,(H,17,19). The van der Waals surface area contributed by atoms with Crippen molar-refractivity contribution >= 4 is 22.8 Å². The van der Waals surface area contributed by atoms with Crippen LogP contribution in [0.25, 0.3) is 10.9 Å². The molecule has 0 radical (unpaired) electrons. The van der Waals surface area contributed by atoms with Crippen molar-refractivity contribution in [2.45, 2.75) is 6.42 Å². The number of hydrogen-bond acceptors (Lipinski definition) is 4.